The molecule has 5 heteroatoms. The zero-order chi connectivity index (χ0) is 16.1. The molecule has 3 rings (SSSR count). The Morgan fingerprint density at radius 2 is 2.30 bits per heavy atom. The van der Waals surface area contributed by atoms with Gasteiger partial charge in [0.1, 0.15) is 12.4 Å². The van der Waals surface area contributed by atoms with Gasteiger partial charge < -0.3 is 10.1 Å². The molecule has 1 saturated heterocycles. The van der Waals surface area contributed by atoms with E-state index in [4.69, 9.17) is 16.3 Å². The Labute approximate surface area is 142 Å². The van der Waals surface area contributed by atoms with Gasteiger partial charge in [-0.1, -0.05) is 17.7 Å². The van der Waals surface area contributed by atoms with Gasteiger partial charge in [0.15, 0.2) is 0 Å². The average molecular weight is 332 g/mol. The monoisotopic (exact) mass is 331 g/mol. The fourth-order valence-corrected chi connectivity index (χ4v) is 2.99. The molecule has 0 spiro atoms. The molecule has 4 nitrogen and oxygen atoms in total. The molecule has 0 radical (unpaired) electrons. The summed E-state index contributed by atoms with van der Waals surface area (Å²) in [5, 5.41) is 4.16. The third-order valence-corrected chi connectivity index (χ3v) is 4.39. The summed E-state index contributed by atoms with van der Waals surface area (Å²) in [6.07, 6.45) is 3.59. The number of piperazine rings is 1. The number of hydrogen-bond acceptors (Lipinski definition) is 4. The van der Waals surface area contributed by atoms with E-state index < -0.39 is 0 Å². The molecule has 2 heterocycles. The number of hydrogen-bond donors (Lipinski definition) is 1. The van der Waals surface area contributed by atoms with E-state index in [1.165, 1.54) is 0 Å². The topological polar surface area (TPSA) is 37.4 Å². The highest BCUT2D eigenvalue weighted by atomic mass is 35.5. The molecule has 1 aliphatic rings. The van der Waals surface area contributed by atoms with Crippen LogP contribution in [0.3, 0.4) is 0 Å². The van der Waals surface area contributed by atoms with Crippen molar-refractivity contribution in [2.75, 3.05) is 19.6 Å². The number of benzene rings is 1. The quantitative estimate of drug-likeness (QED) is 0.913. The van der Waals surface area contributed by atoms with Crippen molar-refractivity contribution in [3.63, 3.8) is 0 Å². The minimum Gasteiger partial charge on any atom is -0.489 e. The third kappa shape index (κ3) is 4.44. The maximum atomic E-state index is 6.19. The van der Waals surface area contributed by atoms with Gasteiger partial charge in [-0.15, -0.1) is 0 Å². The Morgan fingerprint density at radius 1 is 1.39 bits per heavy atom. The van der Waals surface area contributed by atoms with Gasteiger partial charge >= 0.3 is 0 Å². The first-order chi connectivity index (χ1) is 11.2. The van der Waals surface area contributed by atoms with Crippen LogP contribution in [0.1, 0.15) is 18.1 Å². The first-order valence-corrected chi connectivity index (χ1v) is 8.35. The highest BCUT2D eigenvalue weighted by Crippen LogP contribution is 2.26. The van der Waals surface area contributed by atoms with Crippen molar-refractivity contribution in [2.45, 2.75) is 26.1 Å². The first kappa shape index (κ1) is 16.2. The van der Waals surface area contributed by atoms with E-state index in [1.54, 1.807) is 6.20 Å². The molecule has 0 unspecified atom stereocenters. The second-order valence-corrected chi connectivity index (χ2v) is 6.36. The number of ether oxygens (including phenoxy) is 1. The fraction of sp³-hybridized carbons (Fsp3) is 0.389. The van der Waals surface area contributed by atoms with Crippen molar-refractivity contribution < 1.29 is 4.74 Å². The number of aromatic nitrogens is 1. The van der Waals surface area contributed by atoms with Crippen molar-refractivity contribution in [2.24, 2.45) is 0 Å². The molecule has 0 amide bonds. The smallest absolute Gasteiger partial charge is 0.124 e. The molecular weight excluding hydrogens is 310 g/mol. The van der Waals surface area contributed by atoms with E-state index >= 15 is 0 Å². The van der Waals surface area contributed by atoms with Crippen LogP contribution in [0.5, 0.6) is 5.75 Å². The standard InChI is InChI=1S/C18H22ClN3O/c1-14-10-21-7-8-22(14)12-16-9-17(19)4-5-18(16)23-13-15-3-2-6-20-11-15/h2-6,9,11,14,21H,7-8,10,12-13H2,1H3/t14-/m1/s1. The predicted octanol–water partition coefficient (Wildman–Crippen LogP) is 3.11. The van der Waals surface area contributed by atoms with Gasteiger partial charge in [-0.3, -0.25) is 9.88 Å². The van der Waals surface area contributed by atoms with E-state index in [1.807, 2.05) is 36.5 Å². The minimum atomic E-state index is 0.508. The van der Waals surface area contributed by atoms with Crippen molar-refractivity contribution in [1.82, 2.24) is 15.2 Å². The Bertz CT molecular complexity index is 635. The minimum absolute atomic E-state index is 0.508. The lowest BCUT2D eigenvalue weighted by Crippen LogP contribution is -2.49. The van der Waals surface area contributed by atoms with Crippen LogP contribution >= 0.6 is 11.6 Å². The van der Waals surface area contributed by atoms with Gasteiger partial charge in [0.05, 0.1) is 0 Å². The number of rotatable bonds is 5. The summed E-state index contributed by atoms with van der Waals surface area (Å²) in [5.74, 6) is 0.893. The maximum Gasteiger partial charge on any atom is 0.124 e. The second-order valence-electron chi connectivity index (χ2n) is 5.93. The van der Waals surface area contributed by atoms with Crippen LogP contribution in [0.25, 0.3) is 0 Å². The van der Waals surface area contributed by atoms with E-state index in [9.17, 15) is 0 Å². The van der Waals surface area contributed by atoms with Gasteiger partial charge in [-0.2, -0.15) is 0 Å². The highest BCUT2D eigenvalue weighted by molar-refractivity contribution is 6.30. The normalized spacial score (nSPS) is 18.8. The van der Waals surface area contributed by atoms with Crippen LogP contribution in [-0.4, -0.2) is 35.6 Å². The molecule has 122 valence electrons. The summed E-state index contributed by atoms with van der Waals surface area (Å²) >= 11 is 6.19. The first-order valence-electron chi connectivity index (χ1n) is 7.97. The summed E-state index contributed by atoms with van der Waals surface area (Å²) in [6, 6.07) is 10.3. The fourth-order valence-electron chi connectivity index (χ4n) is 2.79. The molecule has 0 saturated carbocycles. The second kappa shape index (κ2) is 7.77. The number of nitrogens with one attached hydrogen (secondary N) is 1. The van der Waals surface area contributed by atoms with Gasteiger partial charge in [0, 0.05) is 60.8 Å². The summed E-state index contributed by atoms with van der Waals surface area (Å²) in [6.45, 7) is 6.69. The molecule has 1 aliphatic heterocycles. The van der Waals surface area contributed by atoms with Crippen molar-refractivity contribution in [1.29, 1.82) is 0 Å². The average Bonchev–Trinajstić information content (AvgIpc) is 2.57. The molecule has 1 aromatic heterocycles. The molecule has 23 heavy (non-hydrogen) atoms. The summed E-state index contributed by atoms with van der Waals surface area (Å²) in [5.41, 5.74) is 2.19. The molecule has 0 bridgehead atoms. The zero-order valence-corrected chi connectivity index (χ0v) is 14.1. The number of pyridine rings is 1. The Hall–Kier alpha value is -1.62. The third-order valence-electron chi connectivity index (χ3n) is 4.15. The van der Waals surface area contributed by atoms with Crippen molar-refractivity contribution in [3.8, 4) is 5.75 Å². The predicted molar refractivity (Wildman–Crippen MR) is 92.8 cm³/mol. The van der Waals surface area contributed by atoms with Crippen molar-refractivity contribution in [3.05, 3.63) is 58.9 Å². The van der Waals surface area contributed by atoms with E-state index in [2.05, 4.69) is 22.1 Å². The van der Waals surface area contributed by atoms with Crippen LogP contribution in [0.15, 0.2) is 42.7 Å². The number of halogens is 1. The largest absolute Gasteiger partial charge is 0.489 e. The van der Waals surface area contributed by atoms with Crippen LogP contribution < -0.4 is 10.1 Å². The lowest BCUT2D eigenvalue weighted by molar-refractivity contribution is 0.163. The zero-order valence-electron chi connectivity index (χ0n) is 13.3. The summed E-state index contributed by atoms with van der Waals surface area (Å²) in [4.78, 5) is 6.58. The Kier molecular flexibility index (Phi) is 5.49. The molecule has 0 aliphatic carbocycles. The van der Waals surface area contributed by atoms with Crippen LogP contribution in [0, 0.1) is 0 Å². The molecule has 1 fully saturated rings. The van der Waals surface area contributed by atoms with E-state index in [0.717, 1.165) is 48.1 Å². The van der Waals surface area contributed by atoms with Crippen LogP contribution in [-0.2, 0) is 13.2 Å². The van der Waals surface area contributed by atoms with Gasteiger partial charge in [-0.05, 0) is 31.2 Å². The number of nitrogens with zero attached hydrogens (tertiary/aromatic N) is 2. The molecule has 1 N–H and O–H groups in total. The molecule has 1 atom stereocenters. The Morgan fingerprint density at radius 3 is 3.09 bits per heavy atom. The highest BCUT2D eigenvalue weighted by Gasteiger charge is 2.19. The van der Waals surface area contributed by atoms with Crippen LogP contribution in [0.4, 0.5) is 0 Å². The Balaban J connectivity index is 1.72. The summed E-state index contributed by atoms with van der Waals surface area (Å²) in [7, 11) is 0. The molecular formula is C18H22ClN3O. The molecule has 2 aromatic rings. The SMILES string of the molecule is C[C@@H]1CNCCN1Cc1cc(Cl)ccc1OCc1cccnc1. The molecule has 1 aromatic carbocycles. The lowest BCUT2D eigenvalue weighted by Gasteiger charge is -2.34. The van der Waals surface area contributed by atoms with Gasteiger partial charge in [0.2, 0.25) is 0 Å². The van der Waals surface area contributed by atoms with Gasteiger partial charge in [-0.25, -0.2) is 0 Å². The van der Waals surface area contributed by atoms with Gasteiger partial charge in [0.25, 0.3) is 0 Å². The summed E-state index contributed by atoms with van der Waals surface area (Å²) < 4.78 is 6.01. The lowest BCUT2D eigenvalue weighted by atomic mass is 10.1. The van der Waals surface area contributed by atoms with Crippen LogP contribution in [0.2, 0.25) is 5.02 Å². The van der Waals surface area contributed by atoms with E-state index in [-0.39, 0.29) is 0 Å². The van der Waals surface area contributed by atoms with Crippen molar-refractivity contribution >= 4 is 11.6 Å². The van der Waals surface area contributed by atoms with E-state index in [0.29, 0.717) is 12.6 Å². The maximum absolute atomic E-state index is 6.19.